The van der Waals surface area contributed by atoms with Crippen LogP contribution in [0.1, 0.15) is 32.3 Å². The van der Waals surface area contributed by atoms with E-state index in [1.165, 1.54) is 44.5 Å². The van der Waals surface area contributed by atoms with Crippen molar-refractivity contribution in [1.29, 1.82) is 0 Å². The second-order valence-electron chi connectivity index (χ2n) is 5.50. The predicted octanol–water partition coefficient (Wildman–Crippen LogP) is 2.69. The van der Waals surface area contributed by atoms with Crippen LogP contribution in [-0.4, -0.2) is 36.6 Å². The van der Waals surface area contributed by atoms with E-state index in [4.69, 9.17) is 0 Å². The van der Waals surface area contributed by atoms with Crippen LogP contribution in [0.3, 0.4) is 0 Å². The van der Waals surface area contributed by atoms with E-state index in [0.29, 0.717) is 12.1 Å². The van der Waals surface area contributed by atoms with Crippen molar-refractivity contribution in [2.75, 3.05) is 19.6 Å². The third-order valence-electron chi connectivity index (χ3n) is 3.96. The number of nitrogens with zero attached hydrogens (tertiary/aromatic N) is 1. The summed E-state index contributed by atoms with van der Waals surface area (Å²) in [7, 11) is 0. The van der Waals surface area contributed by atoms with Crippen LogP contribution in [-0.2, 0) is 6.42 Å². The number of nitrogens with one attached hydrogen (secondary N) is 1. The highest BCUT2D eigenvalue weighted by Crippen LogP contribution is 2.11. The summed E-state index contributed by atoms with van der Waals surface area (Å²) >= 11 is 0. The van der Waals surface area contributed by atoms with Gasteiger partial charge in [0.15, 0.2) is 0 Å². The summed E-state index contributed by atoms with van der Waals surface area (Å²) in [5, 5.41) is 3.71. The highest BCUT2D eigenvalue weighted by molar-refractivity contribution is 5.14. The summed E-state index contributed by atoms with van der Waals surface area (Å²) in [5.41, 5.74) is 1.45. The Bertz CT molecular complexity index is 336. The average molecular weight is 246 g/mol. The molecule has 1 fully saturated rings. The lowest BCUT2D eigenvalue weighted by atomic mass is 10.1. The topological polar surface area (TPSA) is 15.3 Å². The van der Waals surface area contributed by atoms with Crippen LogP contribution >= 0.6 is 0 Å². The molecule has 1 aromatic carbocycles. The van der Waals surface area contributed by atoms with Gasteiger partial charge in [-0.25, -0.2) is 0 Å². The molecule has 2 unspecified atom stereocenters. The monoisotopic (exact) mass is 246 g/mol. The Kier molecular flexibility index (Phi) is 5.21. The van der Waals surface area contributed by atoms with Crippen LogP contribution in [0.15, 0.2) is 30.3 Å². The van der Waals surface area contributed by atoms with Crippen molar-refractivity contribution in [2.24, 2.45) is 0 Å². The van der Waals surface area contributed by atoms with Crippen molar-refractivity contribution in [3.8, 4) is 0 Å². The SMILES string of the molecule is CCC(C)NC1CCN(CCc2ccccc2)C1. The molecule has 0 aliphatic carbocycles. The molecule has 0 aromatic heterocycles. The molecular formula is C16H26N2. The Hall–Kier alpha value is -0.860. The first-order chi connectivity index (χ1) is 8.78. The Morgan fingerprint density at radius 3 is 2.83 bits per heavy atom. The summed E-state index contributed by atoms with van der Waals surface area (Å²) in [6.45, 7) is 8.20. The van der Waals surface area contributed by atoms with Gasteiger partial charge >= 0.3 is 0 Å². The fourth-order valence-electron chi connectivity index (χ4n) is 2.62. The van der Waals surface area contributed by atoms with Crippen molar-refractivity contribution in [3.63, 3.8) is 0 Å². The summed E-state index contributed by atoms with van der Waals surface area (Å²) < 4.78 is 0. The van der Waals surface area contributed by atoms with E-state index in [0.717, 1.165) is 0 Å². The molecular weight excluding hydrogens is 220 g/mol. The second kappa shape index (κ2) is 6.91. The van der Waals surface area contributed by atoms with Crippen molar-refractivity contribution >= 4 is 0 Å². The van der Waals surface area contributed by atoms with Crippen LogP contribution in [0.5, 0.6) is 0 Å². The Morgan fingerprint density at radius 1 is 1.33 bits per heavy atom. The molecule has 1 aromatic rings. The van der Waals surface area contributed by atoms with Gasteiger partial charge in [-0.3, -0.25) is 0 Å². The summed E-state index contributed by atoms with van der Waals surface area (Å²) in [6, 6.07) is 12.2. The van der Waals surface area contributed by atoms with E-state index in [-0.39, 0.29) is 0 Å². The van der Waals surface area contributed by atoms with Crippen molar-refractivity contribution < 1.29 is 0 Å². The van der Waals surface area contributed by atoms with Crippen LogP contribution < -0.4 is 5.32 Å². The average Bonchev–Trinajstić information content (AvgIpc) is 2.85. The molecule has 0 amide bonds. The van der Waals surface area contributed by atoms with Crippen LogP contribution in [0.2, 0.25) is 0 Å². The number of likely N-dealkylation sites (tertiary alicyclic amines) is 1. The van der Waals surface area contributed by atoms with Gasteiger partial charge in [0.25, 0.3) is 0 Å². The molecule has 1 N–H and O–H groups in total. The van der Waals surface area contributed by atoms with Gasteiger partial charge in [-0.2, -0.15) is 0 Å². The molecule has 100 valence electrons. The Labute approximate surface area is 111 Å². The van der Waals surface area contributed by atoms with Gasteiger partial charge in [0.05, 0.1) is 0 Å². The Morgan fingerprint density at radius 2 is 2.11 bits per heavy atom. The highest BCUT2D eigenvalue weighted by Gasteiger charge is 2.22. The van der Waals surface area contributed by atoms with E-state index in [1.54, 1.807) is 0 Å². The molecule has 1 aliphatic rings. The third-order valence-corrected chi connectivity index (χ3v) is 3.96. The third kappa shape index (κ3) is 4.11. The lowest BCUT2D eigenvalue weighted by Crippen LogP contribution is -2.38. The predicted molar refractivity (Wildman–Crippen MR) is 77.9 cm³/mol. The molecule has 2 atom stereocenters. The highest BCUT2D eigenvalue weighted by atomic mass is 15.2. The molecule has 0 bridgehead atoms. The fraction of sp³-hybridized carbons (Fsp3) is 0.625. The maximum atomic E-state index is 3.71. The number of benzene rings is 1. The molecule has 1 saturated heterocycles. The van der Waals surface area contributed by atoms with Crippen molar-refractivity contribution in [3.05, 3.63) is 35.9 Å². The molecule has 0 radical (unpaired) electrons. The molecule has 0 saturated carbocycles. The lowest BCUT2D eigenvalue weighted by Gasteiger charge is -2.19. The molecule has 0 spiro atoms. The fourth-order valence-corrected chi connectivity index (χ4v) is 2.62. The van der Waals surface area contributed by atoms with Gasteiger partial charge in [0, 0.05) is 25.2 Å². The largest absolute Gasteiger partial charge is 0.310 e. The van der Waals surface area contributed by atoms with E-state index in [2.05, 4.69) is 54.4 Å². The quantitative estimate of drug-likeness (QED) is 0.830. The van der Waals surface area contributed by atoms with E-state index in [9.17, 15) is 0 Å². The maximum Gasteiger partial charge on any atom is 0.0209 e. The molecule has 18 heavy (non-hydrogen) atoms. The van der Waals surface area contributed by atoms with E-state index in [1.807, 2.05) is 0 Å². The van der Waals surface area contributed by atoms with Gasteiger partial charge in [0.2, 0.25) is 0 Å². The minimum atomic E-state index is 0.657. The number of hydrogen-bond acceptors (Lipinski definition) is 2. The van der Waals surface area contributed by atoms with Crippen molar-refractivity contribution in [2.45, 2.75) is 45.2 Å². The zero-order valence-electron chi connectivity index (χ0n) is 11.7. The smallest absolute Gasteiger partial charge is 0.0209 e. The first kappa shape index (κ1) is 13.6. The minimum Gasteiger partial charge on any atom is -0.310 e. The second-order valence-corrected chi connectivity index (χ2v) is 5.50. The van der Waals surface area contributed by atoms with Gasteiger partial charge in [-0.05, 0) is 38.3 Å². The first-order valence-electron chi connectivity index (χ1n) is 7.30. The zero-order valence-corrected chi connectivity index (χ0v) is 11.7. The molecule has 2 rings (SSSR count). The van der Waals surface area contributed by atoms with Gasteiger partial charge in [0.1, 0.15) is 0 Å². The number of rotatable bonds is 6. The standard InChI is InChI=1S/C16H26N2/c1-3-14(2)17-16-10-12-18(13-16)11-9-15-7-5-4-6-8-15/h4-8,14,16-17H,3,9-13H2,1-2H3. The zero-order chi connectivity index (χ0) is 12.8. The molecule has 2 heteroatoms. The van der Waals surface area contributed by atoms with Crippen LogP contribution in [0.4, 0.5) is 0 Å². The molecule has 2 nitrogen and oxygen atoms in total. The first-order valence-corrected chi connectivity index (χ1v) is 7.30. The summed E-state index contributed by atoms with van der Waals surface area (Å²) in [6.07, 6.45) is 3.70. The molecule has 1 aliphatic heterocycles. The minimum absolute atomic E-state index is 0.657. The van der Waals surface area contributed by atoms with Crippen molar-refractivity contribution in [1.82, 2.24) is 10.2 Å². The van der Waals surface area contributed by atoms with Gasteiger partial charge in [-0.15, -0.1) is 0 Å². The Balaban J connectivity index is 1.70. The van der Waals surface area contributed by atoms with Gasteiger partial charge < -0.3 is 10.2 Å². The van der Waals surface area contributed by atoms with Gasteiger partial charge in [-0.1, -0.05) is 37.3 Å². The maximum absolute atomic E-state index is 3.71. The van der Waals surface area contributed by atoms with E-state index >= 15 is 0 Å². The van der Waals surface area contributed by atoms with E-state index < -0.39 is 0 Å². The summed E-state index contributed by atoms with van der Waals surface area (Å²) in [5.74, 6) is 0. The molecule has 1 heterocycles. The normalized spacial score (nSPS) is 22.2. The number of hydrogen-bond donors (Lipinski definition) is 1. The van der Waals surface area contributed by atoms with Crippen LogP contribution in [0.25, 0.3) is 0 Å². The lowest BCUT2D eigenvalue weighted by molar-refractivity contribution is 0.326. The van der Waals surface area contributed by atoms with Crippen LogP contribution in [0, 0.1) is 0 Å². The summed E-state index contributed by atoms with van der Waals surface area (Å²) in [4.78, 5) is 2.59.